The van der Waals surface area contributed by atoms with Gasteiger partial charge >= 0.3 is 0 Å². The molecule has 3 aliphatic rings. The fraction of sp³-hybridized carbons (Fsp3) is 0.706. The van der Waals surface area contributed by atoms with E-state index in [1.807, 2.05) is 19.1 Å². The van der Waals surface area contributed by atoms with E-state index in [1.165, 1.54) is 6.42 Å². The molecule has 2 aliphatic heterocycles. The number of fused-ring (bicyclic) bond motifs is 1. The highest BCUT2D eigenvalue weighted by Gasteiger charge is 2.42. The van der Waals surface area contributed by atoms with Gasteiger partial charge in [-0.05, 0) is 57.1 Å². The second kappa shape index (κ2) is 6.07. The molecule has 6 heteroatoms. The lowest BCUT2D eigenvalue weighted by Crippen LogP contribution is -2.45. The third-order valence-corrected chi connectivity index (χ3v) is 5.40. The Morgan fingerprint density at radius 2 is 2.17 bits per heavy atom. The van der Waals surface area contributed by atoms with E-state index in [9.17, 15) is 4.79 Å². The lowest BCUT2D eigenvalue weighted by atomic mass is 9.90. The van der Waals surface area contributed by atoms with Gasteiger partial charge in [-0.15, -0.1) is 5.10 Å². The van der Waals surface area contributed by atoms with Crippen LogP contribution in [-0.2, 0) is 9.53 Å². The fourth-order valence-corrected chi connectivity index (χ4v) is 3.71. The Morgan fingerprint density at radius 1 is 1.30 bits per heavy atom. The first kappa shape index (κ1) is 14.9. The monoisotopic (exact) mass is 316 g/mol. The molecule has 0 aromatic carbocycles. The number of nitrogens with zero attached hydrogens (tertiary/aromatic N) is 3. The number of anilines is 1. The number of hydrogen-bond donors (Lipinski definition) is 1. The maximum Gasteiger partial charge on any atom is 0.249 e. The van der Waals surface area contributed by atoms with Gasteiger partial charge < -0.3 is 15.0 Å². The van der Waals surface area contributed by atoms with E-state index < -0.39 is 0 Å². The van der Waals surface area contributed by atoms with Crippen LogP contribution in [0.4, 0.5) is 5.82 Å². The van der Waals surface area contributed by atoms with E-state index in [0.717, 1.165) is 50.3 Å². The van der Waals surface area contributed by atoms with Crippen molar-refractivity contribution in [2.45, 2.75) is 57.3 Å². The number of carbonyl (C=O) groups is 1. The molecule has 1 aliphatic carbocycles. The number of rotatable bonds is 3. The highest BCUT2D eigenvalue weighted by Crippen LogP contribution is 2.34. The van der Waals surface area contributed by atoms with Crippen LogP contribution < -0.4 is 10.2 Å². The van der Waals surface area contributed by atoms with Gasteiger partial charge in [0.15, 0.2) is 5.82 Å². The number of aromatic nitrogens is 2. The largest absolute Gasteiger partial charge is 0.363 e. The number of nitrogens with one attached hydrogen (secondary N) is 1. The summed E-state index contributed by atoms with van der Waals surface area (Å²) in [5.74, 6) is 1.48. The van der Waals surface area contributed by atoms with Crippen LogP contribution in [0.5, 0.6) is 0 Å². The summed E-state index contributed by atoms with van der Waals surface area (Å²) in [4.78, 5) is 14.5. The molecule has 1 amide bonds. The maximum atomic E-state index is 12.3. The zero-order chi connectivity index (χ0) is 15.8. The molecule has 2 saturated heterocycles. The van der Waals surface area contributed by atoms with Crippen LogP contribution in [0.1, 0.15) is 37.8 Å². The van der Waals surface area contributed by atoms with E-state index >= 15 is 0 Å². The molecule has 1 aromatic rings. The minimum atomic E-state index is -0.269. The lowest BCUT2D eigenvalue weighted by molar-refractivity contribution is -0.133. The summed E-state index contributed by atoms with van der Waals surface area (Å²) in [6.45, 7) is 3.70. The average molecular weight is 316 g/mol. The van der Waals surface area contributed by atoms with Crippen molar-refractivity contribution in [2.24, 2.45) is 5.92 Å². The summed E-state index contributed by atoms with van der Waals surface area (Å²) in [6.07, 6.45) is 5.23. The second-order valence-corrected chi connectivity index (χ2v) is 7.06. The molecule has 6 nitrogen and oxygen atoms in total. The lowest BCUT2D eigenvalue weighted by Gasteiger charge is -2.34. The van der Waals surface area contributed by atoms with Crippen LogP contribution in [0.2, 0.25) is 0 Å². The number of aryl methyl sites for hydroxylation is 1. The van der Waals surface area contributed by atoms with Crippen molar-refractivity contribution in [1.82, 2.24) is 15.5 Å². The molecule has 0 spiro atoms. The number of amides is 1. The Labute approximate surface area is 136 Å². The number of piperidine rings is 1. The van der Waals surface area contributed by atoms with Gasteiger partial charge in [-0.2, -0.15) is 5.10 Å². The predicted octanol–water partition coefficient (Wildman–Crippen LogP) is 1.44. The van der Waals surface area contributed by atoms with Crippen molar-refractivity contribution in [3.05, 3.63) is 17.8 Å². The third-order valence-electron chi connectivity index (χ3n) is 5.40. The normalized spacial score (nSPS) is 30.7. The molecule has 1 aromatic heterocycles. The smallest absolute Gasteiger partial charge is 0.249 e. The molecule has 0 unspecified atom stereocenters. The molecule has 1 N–H and O–H groups in total. The first-order chi connectivity index (χ1) is 11.2. The zero-order valence-electron chi connectivity index (χ0n) is 13.6. The van der Waals surface area contributed by atoms with Crippen LogP contribution in [0, 0.1) is 12.8 Å². The summed E-state index contributed by atoms with van der Waals surface area (Å²) >= 11 is 0. The van der Waals surface area contributed by atoms with Crippen molar-refractivity contribution >= 4 is 11.7 Å². The summed E-state index contributed by atoms with van der Waals surface area (Å²) in [6, 6.07) is 4.38. The van der Waals surface area contributed by atoms with Gasteiger partial charge in [0, 0.05) is 19.1 Å². The van der Waals surface area contributed by atoms with Gasteiger partial charge in [-0.25, -0.2) is 0 Å². The minimum absolute atomic E-state index is 0.0887. The Hall–Kier alpha value is -1.69. The van der Waals surface area contributed by atoms with Gasteiger partial charge in [-0.3, -0.25) is 4.79 Å². The fourth-order valence-electron chi connectivity index (χ4n) is 3.71. The highest BCUT2D eigenvalue weighted by molar-refractivity contribution is 5.81. The highest BCUT2D eigenvalue weighted by atomic mass is 16.5. The predicted molar refractivity (Wildman–Crippen MR) is 86.1 cm³/mol. The van der Waals surface area contributed by atoms with Crippen LogP contribution in [0.3, 0.4) is 0 Å². The van der Waals surface area contributed by atoms with E-state index in [1.54, 1.807) is 0 Å². The Kier molecular flexibility index (Phi) is 3.93. The van der Waals surface area contributed by atoms with E-state index in [-0.39, 0.29) is 18.1 Å². The van der Waals surface area contributed by atoms with E-state index in [0.29, 0.717) is 12.0 Å². The molecular weight excluding hydrogens is 292 g/mol. The van der Waals surface area contributed by atoms with Gasteiger partial charge in [0.05, 0.1) is 11.8 Å². The number of hydrogen-bond acceptors (Lipinski definition) is 5. The van der Waals surface area contributed by atoms with Gasteiger partial charge in [0.2, 0.25) is 5.91 Å². The SMILES string of the molecule is Cc1ccc(N2CC[C@H]3C[C@@H](C(=O)NC4CCC4)O[C@@H]3C2)nn1. The number of ether oxygens (including phenoxy) is 1. The molecule has 3 heterocycles. The van der Waals surface area contributed by atoms with Crippen molar-refractivity contribution in [2.75, 3.05) is 18.0 Å². The van der Waals surface area contributed by atoms with Crippen molar-refractivity contribution in [3.63, 3.8) is 0 Å². The van der Waals surface area contributed by atoms with Crippen LogP contribution in [0.25, 0.3) is 0 Å². The zero-order valence-corrected chi connectivity index (χ0v) is 13.6. The molecular formula is C17H24N4O2. The first-order valence-electron chi connectivity index (χ1n) is 8.70. The molecule has 124 valence electrons. The molecule has 3 atom stereocenters. The summed E-state index contributed by atoms with van der Waals surface area (Å²) in [7, 11) is 0. The van der Waals surface area contributed by atoms with Crippen molar-refractivity contribution in [3.8, 4) is 0 Å². The van der Waals surface area contributed by atoms with Gasteiger partial charge in [-0.1, -0.05) is 0 Å². The second-order valence-electron chi connectivity index (χ2n) is 7.06. The summed E-state index contributed by atoms with van der Waals surface area (Å²) in [5, 5.41) is 11.5. The van der Waals surface area contributed by atoms with E-state index in [2.05, 4.69) is 20.4 Å². The molecule has 0 radical (unpaired) electrons. The van der Waals surface area contributed by atoms with Crippen molar-refractivity contribution in [1.29, 1.82) is 0 Å². The summed E-state index contributed by atoms with van der Waals surface area (Å²) in [5.41, 5.74) is 0.925. The molecule has 23 heavy (non-hydrogen) atoms. The van der Waals surface area contributed by atoms with Crippen LogP contribution in [-0.4, -0.2) is 47.4 Å². The Morgan fingerprint density at radius 3 is 2.87 bits per heavy atom. The summed E-state index contributed by atoms with van der Waals surface area (Å²) < 4.78 is 6.07. The maximum absolute atomic E-state index is 12.3. The third kappa shape index (κ3) is 3.04. The molecule has 4 rings (SSSR count). The molecule has 0 bridgehead atoms. The minimum Gasteiger partial charge on any atom is -0.363 e. The molecule has 3 fully saturated rings. The van der Waals surface area contributed by atoms with Gasteiger partial charge in [0.1, 0.15) is 6.10 Å². The van der Waals surface area contributed by atoms with E-state index in [4.69, 9.17) is 4.74 Å². The quantitative estimate of drug-likeness (QED) is 0.914. The topological polar surface area (TPSA) is 67.4 Å². The Bertz CT molecular complexity index is 572. The van der Waals surface area contributed by atoms with Crippen LogP contribution >= 0.6 is 0 Å². The molecule has 1 saturated carbocycles. The van der Waals surface area contributed by atoms with Gasteiger partial charge in [0.25, 0.3) is 0 Å². The Balaban J connectivity index is 1.36. The standard InChI is InChI=1S/C17H24N4O2/c1-11-5-6-16(20-19-11)21-8-7-12-9-14(23-15(12)10-21)17(22)18-13-3-2-4-13/h5-6,12-15H,2-4,7-10H2,1H3,(H,18,22)/t12-,14-,15+/m0/s1. The van der Waals surface area contributed by atoms with Crippen molar-refractivity contribution < 1.29 is 9.53 Å². The van der Waals surface area contributed by atoms with Crippen LogP contribution in [0.15, 0.2) is 12.1 Å². The number of carbonyl (C=O) groups excluding carboxylic acids is 1. The average Bonchev–Trinajstić information content (AvgIpc) is 2.94. The first-order valence-corrected chi connectivity index (χ1v) is 8.70.